The maximum absolute atomic E-state index is 12.7. The van der Waals surface area contributed by atoms with Crippen LogP contribution in [-0.4, -0.2) is 84.2 Å². The average molecular weight is 408 g/mol. The molecule has 2 aliphatic heterocycles. The van der Waals surface area contributed by atoms with E-state index >= 15 is 0 Å². The molecule has 2 aliphatic rings. The third-order valence-corrected chi connectivity index (χ3v) is 5.75. The number of amides is 1. The Hall–Kier alpha value is -1.51. The van der Waals surface area contributed by atoms with Crippen molar-refractivity contribution in [2.45, 2.75) is 63.6 Å². The summed E-state index contributed by atoms with van der Waals surface area (Å²) in [4.78, 5) is 17.2. The molecule has 3 rings (SSSR count). The molecule has 7 heteroatoms. The lowest BCUT2D eigenvalue weighted by atomic mass is 10.0. The molecule has 2 fully saturated rings. The molecule has 0 radical (unpaired) electrons. The second-order valence-corrected chi connectivity index (χ2v) is 7.91. The third kappa shape index (κ3) is 7.35. The van der Waals surface area contributed by atoms with Crippen LogP contribution in [0.3, 0.4) is 0 Å². The predicted octanol–water partition coefficient (Wildman–Crippen LogP) is 1.19. The van der Waals surface area contributed by atoms with Gasteiger partial charge in [0.05, 0.1) is 12.1 Å². The standard InChI is InChI=1S/C21H33N3O3.CH4O/c1-16-13-18(14-20(25)27-16)23(2)12-10-22-21(26)19-9-6-11-24(19)15-17-7-4-3-5-8-17;1-2/h3-5,7-8,16,18-20,25H,6,9-15H2,1-2H3,(H,22,26);2H,1H3. The number of likely N-dealkylation sites (N-methyl/N-ethyl adjacent to an activating group) is 1. The summed E-state index contributed by atoms with van der Waals surface area (Å²) >= 11 is 0. The number of likely N-dealkylation sites (tertiary alicyclic amines) is 1. The minimum Gasteiger partial charge on any atom is -0.400 e. The maximum Gasteiger partial charge on any atom is 0.237 e. The normalized spacial score (nSPS) is 27.4. The number of aliphatic hydroxyl groups excluding tert-OH is 2. The first-order valence-corrected chi connectivity index (χ1v) is 10.6. The van der Waals surface area contributed by atoms with Gasteiger partial charge in [-0.1, -0.05) is 30.3 Å². The summed E-state index contributed by atoms with van der Waals surface area (Å²) in [6, 6.07) is 10.6. The number of ether oxygens (including phenoxy) is 1. The van der Waals surface area contributed by atoms with E-state index in [-0.39, 0.29) is 18.1 Å². The third-order valence-electron chi connectivity index (χ3n) is 5.75. The molecule has 0 bridgehead atoms. The molecule has 29 heavy (non-hydrogen) atoms. The van der Waals surface area contributed by atoms with Crippen LogP contribution < -0.4 is 5.32 Å². The molecular weight excluding hydrogens is 370 g/mol. The molecule has 2 heterocycles. The molecule has 0 aromatic heterocycles. The van der Waals surface area contributed by atoms with Crippen molar-refractivity contribution in [1.82, 2.24) is 15.1 Å². The molecule has 7 nitrogen and oxygen atoms in total. The minimum atomic E-state index is -0.680. The highest BCUT2D eigenvalue weighted by Crippen LogP contribution is 2.22. The highest BCUT2D eigenvalue weighted by Gasteiger charge is 2.31. The highest BCUT2D eigenvalue weighted by molar-refractivity contribution is 5.82. The summed E-state index contributed by atoms with van der Waals surface area (Å²) in [5.74, 6) is 0.136. The zero-order valence-electron chi connectivity index (χ0n) is 18.0. The van der Waals surface area contributed by atoms with Crippen LogP contribution in [0.4, 0.5) is 0 Å². The second-order valence-electron chi connectivity index (χ2n) is 7.91. The van der Waals surface area contributed by atoms with Crippen LogP contribution >= 0.6 is 0 Å². The molecule has 1 amide bonds. The van der Waals surface area contributed by atoms with E-state index in [1.54, 1.807) is 0 Å². The molecule has 3 N–H and O–H groups in total. The number of carbonyl (C=O) groups is 1. The highest BCUT2D eigenvalue weighted by atomic mass is 16.6. The van der Waals surface area contributed by atoms with Crippen molar-refractivity contribution in [2.75, 3.05) is 33.8 Å². The molecule has 1 aromatic rings. The Balaban J connectivity index is 0.00000145. The van der Waals surface area contributed by atoms with Crippen LogP contribution in [0.15, 0.2) is 30.3 Å². The van der Waals surface area contributed by atoms with E-state index < -0.39 is 6.29 Å². The SMILES string of the molecule is CC1CC(N(C)CCNC(=O)C2CCCN2Cc2ccccc2)CC(O)O1.CO. The largest absolute Gasteiger partial charge is 0.400 e. The van der Waals surface area contributed by atoms with Gasteiger partial charge in [-0.05, 0) is 45.3 Å². The van der Waals surface area contributed by atoms with E-state index in [2.05, 4.69) is 34.3 Å². The van der Waals surface area contributed by atoms with E-state index in [1.807, 2.05) is 25.1 Å². The van der Waals surface area contributed by atoms with Crippen molar-refractivity contribution in [3.05, 3.63) is 35.9 Å². The number of aliphatic hydroxyl groups is 2. The van der Waals surface area contributed by atoms with E-state index in [0.717, 1.165) is 46.0 Å². The molecule has 2 saturated heterocycles. The number of hydrogen-bond acceptors (Lipinski definition) is 6. The van der Waals surface area contributed by atoms with Crippen LogP contribution in [-0.2, 0) is 16.1 Å². The Morgan fingerprint density at radius 1 is 1.28 bits per heavy atom. The van der Waals surface area contributed by atoms with Gasteiger partial charge in [-0.2, -0.15) is 0 Å². The summed E-state index contributed by atoms with van der Waals surface area (Å²) in [5.41, 5.74) is 1.25. The molecule has 4 unspecified atom stereocenters. The van der Waals surface area contributed by atoms with Crippen molar-refractivity contribution >= 4 is 5.91 Å². The van der Waals surface area contributed by atoms with Gasteiger partial charge in [0, 0.05) is 39.2 Å². The summed E-state index contributed by atoms with van der Waals surface area (Å²) in [6.07, 6.45) is 2.93. The zero-order valence-corrected chi connectivity index (χ0v) is 18.0. The summed E-state index contributed by atoms with van der Waals surface area (Å²) in [5, 5.41) is 19.9. The lowest BCUT2D eigenvalue weighted by molar-refractivity contribution is -0.173. The van der Waals surface area contributed by atoms with Gasteiger partial charge in [-0.3, -0.25) is 9.69 Å². The number of benzene rings is 1. The molecule has 1 aromatic carbocycles. The first-order valence-electron chi connectivity index (χ1n) is 10.6. The molecule has 0 aliphatic carbocycles. The number of rotatable bonds is 7. The summed E-state index contributed by atoms with van der Waals surface area (Å²) < 4.78 is 5.39. The summed E-state index contributed by atoms with van der Waals surface area (Å²) in [7, 11) is 3.05. The monoisotopic (exact) mass is 407 g/mol. The number of carbonyl (C=O) groups excluding carboxylic acids is 1. The van der Waals surface area contributed by atoms with Crippen LogP contribution in [0.5, 0.6) is 0 Å². The van der Waals surface area contributed by atoms with Gasteiger partial charge < -0.3 is 25.2 Å². The molecule has 0 spiro atoms. The zero-order chi connectivity index (χ0) is 21.2. The average Bonchev–Trinajstić information content (AvgIpc) is 3.17. The van der Waals surface area contributed by atoms with Crippen molar-refractivity contribution in [3.63, 3.8) is 0 Å². The quantitative estimate of drug-likeness (QED) is 0.630. The van der Waals surface area contributed by atoms with Crippen LogP contribution in [0.2, 0.25) is 0 Å². The molecule has 164 valence electrons. The van der Waals surface area contributed by atoms with Crippen LogP contribution in [0.25, 0.3) is 0 Å². The number of hydrogen-bond donors (Lipinski definition) is 3. The lowest BCUT2D eigenvalue weighted by Crippen LogP contribution is -2.48. The van der Waals surface area contributed by atoms with Gasteiger partial charge in [-0.15, -0.1) is 0 Å². The fourth-order valence-electron chi connectivity index (χ4n) is 4.24. The molecular formula is C22H37N3O4. The van der Waals surface area contributed by atoms with Crippen molar-refractivity contribution < 1.29 is 19.7 Å². The van der Waals surface area contributed by atoms with Crippen molar-refractivity contribution in [3.8, 4) is 0 Å². The van der Waals surface area contributed by atoms with Gasteiger partial charge in [0.15, 0.2) is 6.29 Å². The number of nitrogens with zero attached hydrogens (tertiary/aromatic N) is 2. The second kappa shape index (κ2) is 12.2. The van der Waals surface area contributed by atoms with Crippen LogP contribution in [0, 0.1) is 0 Å². The Morgan fingerprint density at radius 2 is 2.00 bits per heavy atom. The van der Waals surface area contributed by atoms with E-state index in [4.69, 9.17) is 9.84 Å². The predicted molar refractivity (Wildman–Crippen MR) is 113 cm³/mol. The fourth-order valence-corrected chi connectivity index (χ4v) is 4.24. The Labute approximate surface area is 174 Å². The first-order chi connectivity index (χ1) is 14.0. The molecule has 4 atom stereocenters. The van der Waals surface area contributed by atoms with E-state index in [0.29, 0.717) is 19.0 Å². The van der Waals surface area contributed by atoms with Gasteiger partial charge in [0.25, 0.3) is 0 Å². The Kier molecular flexibility index (Phi) is 10.0. The first kappa shape index (κ1) is 23.8. The van der Waals surface area contributed by atoms with Crippen molar-refractivity contribution in [2.24, 2.45) is 0 Å². The number of nitrogens with one attached hydrogen (secondary N) is 1. The van der Waals surface area contributed by atoms with Crippen molar-refractivity contribution in [1.29, 1.82) is 0 Å². The maximum atomic E-state index is 12.7. The van der Waals surface area contributed by atoms with Gasteiger partial charge in [0.1, 0.15) is 0 Å². The van der Waals surface area contributed by atoms with Gasteiger partial charge in [0.2, 0.25) is 5.91 Å². The van der Waals surface area contributed by atoms with E-state index in [1.165, 1.54) is 5.56 Å². The molecule has 0 saturated carbocycles. The van der Waals surface area contributed by atoms with Gasteiger partial charge >= 0.3 is 0 Å². The minimum absolute atomic E-state index is 0.0274. The van der Waals surface area contributed by atoms with Crippen LogP contribution in [0.1, 0.15) is 38.2 Å². The summed E-state index contributed by atoms with van der Waals surface area (Å²) in [6.45, 7) is 5.21. The topological polar surface area (TPSA) is 85.3 Å². The Bertz CT molecular complexity index is 591. The van der Waals surface area contributed by atoms with Gasteiger partial charge in [-0.25, -0.2) is 0 Å². The fraction of sp³-hybridized carbons (Fsp3) is 0.682. The smallest absolute Gasteiger partial charge is 0.237 e. The lowest BCUT2D eigenvalue weighted by Gasteiger charge is -2.36. The Morgan fingerprint density at radius 3 is 2.69 bits per heavy atom. The van der Waals surface area contributed by atoms with E-state index in [9.17, 15) is 9.90 Å².